The molecule has 0 amide bonds. The number of hydrogen-bond donors (Lipinski definition) is 0. The highest BCUT2D eigenvalue weighted by molar-refractivity contribution is 7.92. The normalized spacial score (nSPS) is 14.7. The van der Waals surface area contributed by atoms with Crippen LogP contribution in [-0.4, -0.2) is 65.4 Å². The maximum absolute atomic E-state index is 12.9. The van der Waals surface area contributed by atoms with Crippen molar-refractivity contribution >= 4 is 45.4 Å². The lowest BCUT2D eigenvalue weighted by Crippen LogP contribution is -2.47. The molecule has 2 aromatic carbocycles. The van der Waals surface area contributed by atoms with Crippen LogP contribution in [0.15, 0.2) is 48.5 Å². The predicted octanol–water partition coefficient (Wildman–Crippen LogP) is 4.53. The van der Waals surface area contributed by atoms with E-state index >= 15 is 0 Å². The van der Waals surface area contributed by atoms with Crippen LogP contribution in [0.25, 0.3) is 0 Å². The third kappa shape index (κ3) is 7.17. The Bertz CT molecular complexity index is 934. The number of hydrogen-bond acceptors (Lipinski definition) is 5. The minimum atomic E-state index is -3.34. The number of anilines is 2. The SMILES string of the molecule is CCCS(=O)(=O)N(CCCN1CCN(c2cccc(Cl)c2)CC1)c1ccc(OC)cc1.Cl. The summed E-state index contributed by atoms with van der Waals surface area (Å²) >= 11 is 6.12. The van der Waals surface area contributed by atoms with Gasteiger partial charge in [0.05, 0.1) is 18.6 Å². The van der Waals surface area contributed by atoms with Gasteiger partial charge in [-0.15, -0.1) is 12.4 Å². The molecule has 1 aliphatic rings. The Kier molecular flexibility index (Phi) is 10.4. The van der Waals surface area contributed by atoms with Gasteiger partial charge in [0.1, 0.15) is 5.75 Å². The monoisotopic (exact) mass is 501 g/mol. The van der Waals surface area contributed by atoms with Crippen LogP contribution in [0.4, 0.5) is 11.4 Å². The molecule has 32 heavy (non-hydrogen) atoms. The van der Waals surface area contributed by atoms with Gasteiger partial charge in [-0.05, 0) is 55.3 Å². The number of sulfonamides is 1. The number of ether oxygens (including phenoxy) is 1. The van der Waals surface area contributed by atoms with E-state index in [1.165, 1.54) is 0 Å². The highest BCUT2D eigenvalue weighted by Crippen LogP contribution is 2.24. The second kappa shape index (κ2) is 12.5. The first-order chi connectivity index (χ1) is 14.9. The van der Waals surface area contributed by atoms with Gasteiger partial charge >= 0.3 is 0 Å². The Morgan fingerprint density at radius 2 is 1.75 bits per heavy atom. The Labute approximate surface area is 203 Å². The molecule has 0 aliphatic carbocycles. The van der Waals surface area contributed by atoms with Crippen LogP contribution in [-0.2, 0) is 10.0 Å². The van der Waals surface area contributed by atoms with Crippen molar-refractivity contribution in [2.75, 3.05) is 61.3 Å². The highest BCUT2D eigenvalue weighted by atomic mass is 35.5. The summed E-state index contributed by atoms with van der Waals surface area (Å²) < 4.78 is 32.5. The summed E-state index contributed by atoms with van der Waals surface area (Å²) in [4.78, 5) is 4.75. The molecule has 1 heterocycles. The van der Waals surface area contributed by atoms with Crippen molar-refractivity contribution in [3.63, 3.8) is 0 Å². The first-order valence-corrected chi connectivity index (χ1v) is 12.8. The van der Waals surface area contributed by atoms with Gasteiger partial charge in [-0.25, -0.2) is 8.42 Å². The molecule has 9 heteroatoms. The molecule has 3 rings (SSSR count). The average molecular weight is 503 g/mol. The van der Waals surface area contributed by atoms with Crippen molar-refractivity contribution in [1.29, 1.82) is 0 Å². The molecular formula is C23H33Cl2N3O3S. The first kappa shape index (κ1) is 26.6. The van der Waals surface area contributed by atoms with Gasteiger partial charge in [0.25, 0.3) is 0 Å². The van der Waals surface area contributed by atoms with Gasteiger partial charge in [0.2, 0.25) is 10.0 Å². The molecule has 178 valence electrons. The fourth-order valence-corrected chi connectivity index (χ4v) is 5.66. The first-order valence-electron chi connectivity index (χ1n) is 10.8. The second-order valence-electron chi connectivity index (χ2n) is 7.75. The summed E-state index contributed by atoms with van der Waals surface area (Å²) in [5, 5.41) is 0.756. The molecule has 0 bridgehead atoms. The molecule has 1 aliphatic heterocycles. The van der Waals surface area contributed by atoms with E-state index in [4.69, 9.17) is 16.3 Å². The fourth-order valence-electron chi connectivity index (χ4n) is 3.89. The number of piperazine rings is 1. The van der Waals surface area contributed by atoms with Crippen LogP contribution in [0.1, 0.15) is 19.8 Å². The molecule has 0 spiro atoms. The Balaban J connectivity index is 0.00000363. The zero-order chi connectivity index (χ0) is 22.3. The fraction of sp³-hybridized carbons (Fsp3) is 0.478. The zero-order valence-electron chi connectivity index (χ0n) is 18.7. The molecule has 0 saturated carbocycles. The van der Waals surface area contributed by atoms with E-state index in [2.05, 4.69) is 15.9 Å². The molecule has 1 fully saturated rings. The minimum Gasteiger partial charge on any atom is -0.497 e. The van der Waals surface area contributed by atoms with Crippen LogP contribution >= 0.6 is 24.0 Å². The van der Waals surface area contributed by atoms with E-state index in [-0.39, 0.29) is 18.2 Å². The van der Waals surface area contributed by atoms with Gasteiger partial charge in [-0.1, -0.05) is 24.6 Å². The van der Waals surface area contributed by atoms with Gasteiger partial charge in [-0.2, -0.15) is 0 Å². The molecule has 2 aromatic rings. The van der Waals surface area contributed by atoms with E-state index in [9.17, 15) is 8.42 Å². The minimum absolute atomic E-state index is 0. The molecular weight excluding hydrogens is 469 g/mol. The summed E-state index contributed by atoms with van der Waals surface area (Å²) in [7, 11) is -1.74. The average Bonchev–Trinajstić information content (AvgIpc) is 2.77. The van der Waals surface area contributed by atoms with Crippen molar-refractivity contribution in [2.24, 2.45) is 0 Å². The third-order valence-corrected chi connectivity index (χ3v) is 7.76. The molecule has 0 atom stereocenters. The lowest BCUT2D eigenvalue weighted by molar-refractivity contribution is 0.256. The number of halogens is 2. The van der Waals surface area contributed by atoms with Crippen LogP contribution in [0.3, 0.4) is 0 Å². The lowest BCUT2D eigenvalue weighted by Gasteiger charge is -2.36. The smallest absolute Gasteiger partial charge is 0.235 e. The van der Waals surface area contributed by atoms with Crippen molar-refractivity contribution in [2.45, 2.75) is 19.8 Å². The summed E-state index contributed by atoms with van der Waals surface area (Å²) in [5.41, 5.74) is 1.85. The van der Waals surface area contributed by atoms with Crippen LogP contribution < -0.4 is 13.9 Å². The largest absolute Gasteiger partial charge is 0.497 e. The van der Waals surface area contributed by atoms with E-state index < -0.39 is 10.0 Å². The number of methoxy groups -OCH3 is 1. The lowest BCUT2D eigenvalue weighted by atomic mass is 10.2. The Morgan fingerprint density at radius 3 is 2.34 bits per heavy atom. The quantitative estimate of drug-likeness (QED) is 0.478. The second-order valence-corrected chi connectivity index (χ2v) is 10.2. The summed E-state index contributed by atoms with van der Waals surface area (Å²) in [6.45, 7) is 7.03. The van der Waals surface area contributed by atoms with Crippen molar-refractivity contribution in [3.8, 4) is 5.75 Å². The maximum Gasteiger partial charge on any atom is 0.235 e. The van der Waals surface area contributed by atoms with E-state index in [0.29, 0.717) is 24.4 Å². The van der Waals surface area contributed by atoms with Crippen molar-refractivity contribution < 1.29 is 13.2 Å². The summed E-state index contributed by atoms with van der Waals surface area (Å²) in [6, 6.07) is 15.2. The van der Waals surface area contributed by atoms with Gasteiger partial charge < -0.3 is 9.64 Å². The molecule has 0 radical (unpaired) electrons. The van der Waals surface area contributed by atoms with E-state index in [1.54, 1.807) is 23.5 Å². The maximum atomic E-state index is 12.9. The van der Waals surface area contributed by atoms with Gasteiger partial charge in [0, 0.05) is 50.0 Å². The van der Waals surface area contributed by atoms with E-state index in [0.717, 1.165) is 49.9 Å². The molecule has 1 saturated heterocycles. The molecule has 6 nitrogen and oxygen atoms in total. The molecule has 0 N–H and O–H groups in total. The predicted molar refractivity (Wildman–Crippen MR) is 136 cm³/mol. The van der Waals surface area contributed by atoms with Crippen LogP contribution in [0.2, 0.25) is 5.02 Å². The van der Waals surface area contributed by atoms with Gasteiger partial charge in [0.15, 0.2) is 0 Å². The Hall–Kier alpha value is -1.67. The zero-order valence-corrected chi connectivity index (χ0v) is 21.1. The molecule has 0 unspecified atom stereocenters. The summed E-state index contributed by atoms with van der Waals surface area (Å²) in [5.74, 6) is 0.867. The standard InChI is InChI=1S/C23H32ClN3O3S.ClH/c1-3-18-31(28,29)27(21-8-10-23(30-2)11-9-21)13-5-12-25-14-16-26(17-15-25)22-7-4-6-20(24)19-22;/h4,6-11,19H,3,5,12-18H2,1-2H3;1H. The number of rotatable bonds is 10. The van der Waals surface area contributed by atoms with Crippen molar-refractivity contribution in [3.05, 3.63) is 53.6 Å². The van der Waals surface area contributed by atoms with Crippen molar-refractivity contribution in [1.82, 2.24) is 4.90 Å². The third-order valence-electron chi connectivity index (χ3n) is 5.54. The highest BCUT2D eigenvalue weighted by Gasteiger charge is 2.23. The molecule has 0 aromatic heterocycles. The van der Waals surface area contributed by atoms with Gasteiger partial charge in [-0.3, -0.25) is 9.21 Å². The summed E-state index contributed by atoms with van der Waals surface area (Å²) in [6.07, 6.45) is 1.38. The topological polar surface area (TPSA) is 53.1 Å². The van der Waals surface area contributed by atoms with Crippen LogP contribution in [0, 0.1) is 0 Å². The number of benzene rings is 2. The number of nitrogens with zero attached hydrogens (tertiary/aromatic N) is 3. The van der Waals surface area contributed by atoms with E-state index in [1.807, 2.05) is 37.3 Å². The Morgan fingerprint density at radius 1 is 1.06 bits per heavy atom. The van der Waals surface area contributed by atoms with Crippen LogP contribution in [0.5, 0.6) is 5.75 Å².